The van der Waals surface area contributed by atoms with Crippen molar-refractivity contribution in [2.24, 2.45) is 5.92 Å². The molecular formula is C21H27N3O4S. The number of benzene rings is 1. The van der Waals surface area contributed by atoms with Crippen LogP contribution in [0.4, 0.5) is 5.82 Å². The predicted octanol–water partition coefficient (Wildman–Crippen LogP) is 3.79. The van der Waals surface area contributed by atoms with Gasteiger partial charge in [0.2, 0.25) is 5.91 Å². The Labute approximate surface area is 174 Å². The van der Waals surface area contributed by atoms with Crippen molar-refractivity contribution in [1.82, 2.24) is 9.97 Å². The van der Waals surface area contributed by atoms with Gasteiger partial charge in [-0.1, -0.05) is 38.6 Å². The van der Waals surface area contributed by atoms with E-state index < -0.39 is 5.92 Å². The number of nitrogens with zero attached hydrogens (tertiary/aromatic N) is 1. The minimum absolute atomic E-state index is 0.161. The summed E-state index contributed by atoms with van der Waals surface area (Å²) >= 11 is 1.47. The fraction of sp³-hybridized carbons (Fsp3) is 0.476. The molecule has 0 bridgehead atoms. The van der Waals surface area contributed by atoms with Crippen LogP contribution in [0, 0.1) is 5.92 Å². The van der Waals surface area contributed by atoms with Gasteiger partial charge in [-0.2, -0.15) is 0 Å². The van der Waals surface area contributed by atoms with Gasteiger partial charge in [0.15, 0.2) is 16.7 Å². The predicted molar refractivity (Wildman–Crippen MR) is 114 cm³/mol. The first-order valence-corrected chi connectivity index (χ1v) is 10.8. The second kappa shape index (κ2) is 9.35. The summed E-state index contributed by atoms with van der Waals surface area (Å²) in [5, 5.41) is 3.27. The van der Waals surface area contributed by atoms with E-state index in [4.69, 9.17) is 9.47 Å². The van der Waals surface area contributed by atoms with Crippen molar-refractivity contribution < 1.29 is 14.3 Å². The molecule has 2 heterocycles. The number of methoxy groups -OCH3 is 1. The number of H-pyrrole nitrogens is 1. The molecule has 3 rings (SSSR count). The molecule has 2 aromatic rings. The Balaban J connectivity index is 1.98. The molecule has 0 radical (unpaired) electrons. The van der Waals surface area contributed by atoms with Gasteiger partial charge in [0, 0.05) is 18.1 Å². The number of carbonyl (C=O) groups excluding carboxylic acids is 1. The zero-order valence-electron chi connectivity index (χ0n) is 17.2. The number of fused-ring (bicyclic) bond motifs is 1. The Morgan fingerprint density at radius 1 is 1.28 bits per heavy atom. The number of rotatable bonds is 8. The van der Waals surface area contributed by atoms with Crippen LogP contribution < -0.4 is 20.3 Å². The number of thioether (sulfide) groups is 1. The molecule has 8 heteroatoms. The maximum absolute atomic E-state index is 12.8. The molecule has 0 saturated carbocycles. The van der Waals surface area contributed by atoms with Gasteiger partial charge in [0.1, 0.15) is 5.82 Å². The highest BCUT2D eigenvalue weighted by molar-refractivity contribution is 7.99. The maximum atomic E-state index is 12.8. The maximum Gasteiger partial charge on any atom is 0.257 e. The van der Waals surface area contributed by atoms with E-state index in [0.717, 1.165) is 17.7 Å². The molecule has 29 heavy (non-hydrogen) atoms. The third-order valence-corrected chi connectivity index (χ3v) is 5.61. The van der Waals surface area contributed by atoms with Crippen LogP contribution in [-0.4, -0.2) is 35.3 Å². The highest BCUT2D eigenvalue weighted by atomic mass is 32.2. The number of aromatic amines is 1. The van der Waals surface area contributed by atoms with Crippen LogP contribution in [0.2, 0.25) is 0 Å². The number of ether oxygens (including phenoxy) is 2. The molecule has 1 atom stereocenters. The topological polar surface area (TPSA) is 93.3 Å². The number of aromatic nitrogens is 2. The van der Waals surface area contributed by atoms with E-state index in [9.17, 15) is 9.59 Å². The number of hydrogen-bond donors (Lipinski definition) is 2. The standard InChI is InChI=1S/C21H27N3O4S/c1-5-8-29-21-23-19-18(20(26)24-21)14(10-17(25)22-19)13-6-7-15(16(9-13)27-4)28-11-12(2)3/h6-7,9,12,14H,5,8,10-11H2,1-4H3,(H2,22,23,24,25,26). The summed E-state index contributed by atoms with van der Waals surface area (Å²) < 4.78 is 11.3. The first-order valence-electron chi connectivity index (χ1n) is 9.80. The van der Waals surface area contributed by atoms with Gasteiger partial charge in [-0.25, -0.2) is 4.98 Å². The summed E-state index contributed by atoms with van der Waals surface area (Å²) in [6.45, 7) is 6.78. The molecule has 0 aliphatic carbocycles. The Morgan fingerprint density at radius 2 is 2.07 bits per heavy atom. The van der Waals surface area contributed by atoms with Crippen molar-refractivity contribution in [3.8, 4) is 11.5 Å². The summed E-state index contributed by atoms with van der Waals surface area (Å²) in [5.74, 6) is 2.23. The Kier molecular flexibility index (Phi) is 6.84. The summed E-state index contributed by atoms with van der Waals surface area (Å²) in [7, 11) is 1.58. The highest BCUT2D eigenvalue weighted by Crippen LogP contribution is 2.38. The fourth-order valence-electron chi connectivity index (χ4n) is 3.18. The molecule has 1 aliphatic heterocycles. The lowest BCUT2D eigenvalue weighted by molar-refractivity contribution is -0.116. The lowest BCUT2D eigenvalue weighted by Gasteiger charge is -2.25. The lowest BCUT2D eigenvalue weighted by atomic mass is 9.86. The van der Waals surface area contributed by atoms with Crippen molar-refractivity contribution in [3.63, 3.8) is 0 Å². The van der Waals surface area contributed by atoms with E-state index in [2.05, 4.69) is 36.1 Å². The third-order valence-electron chi connectivity index (χ3n) is 4.53. The number of nitrogens with one attached hydrogen (secondary N) is 2. The molecule has 2 N–H and O–H groups in total. The Bertz CT molecular complexity index is 942. The van der Waals surface area contributed by atoms with Crippen molar-refractivity contribution in [3.05, 3.63) is 39.7 Å². The minimum Gasteiger partial charge on any atom is -0.493 e. The fourth-order valence-corrected chi connectivity index (χ4v) is 3.90. The summed E-state index contributed by atoms with van der Waals surface area (Å²) in [5.41, 5.74) is 1.07. The molecule has 1 aromatic heterocycles. The zero-order chi connectivity index (χ0) is 21.0. The van der Waals surface area contributed by atoms with Crippen molar-refractivity contribution in [2.75, 3.05) is 24.8 Å². The van der Waals surface area contributed by atoms with Crippen LogP contribution >= 0.6 is 11.8 Å². The van der Waals surface area contributed by atoms with E-state index in [0.29, 0.717) is 40.6 Å². The van der Waals surface area contributed by atoms with E-state index in [1.807, 2.05) is 18.2 Å². The van der Waals surface area contributed by atoms with Gasteiger partial charge < -0.3 is 19.8 Å². The highest BCUT2D eigenvalue weighted by Gasteiger charge is 2.31. The van der Waals surface area contributed by atoms with Crippen LogP contribution in [0.5, 0.6) is 11.5 Å². The first kappa shape index (κ1) is 21.2. The largest absolute Gasteiger partial charge is 0.493 e. The summed E-state index contributed by atoms with van der Waals surface area (Å²) in [6, 6.07) is 5.54. The third kappa shape index (κ3) is 4.93. The quantitative estimate of drug-likeness (QED) is 0.501. The summed E-state index contributed by atoms with van der Waals surface area (Å²) in [4.78, 5) is 32.5. The zero-order valence-corrected chi connectivity index (χ0v) is 18.0. The molecule has 0 spiro atoms. The van der Waals surface area contributed by atoms with Crippen LogP contribution in [0.25, 0.3) is 0 Å². The van der Waals surface area contributed by atoms with E-state index >= 15 is 0 Å². The molecule has 1 aliphatic rings. The molecule has 7 nitrogen and oxygen atoms in total. The first-order chi connectivity index (χ1) is 13.9. The summed E-state index contributed by atoms with van der Waals surface area (Å²) in [6.07, 6.45) is 1.14. The number of anilines is 1. The number of hydrogen-bond acceptors (Lipinski definition) is 6. The van der Waals surface area contributed by atoms with Gasteiger partial charge in [0.25, 0.3) is 5.56 Å². The number of amides is 1. The van der Waals surface area contributed by atoms with Gasteiger partial charge in [-0.05, 0) is 30.0 Å². The minimum atomic E-state index is -0.395. The van der Waals surface area contributed by atoms with E-state index in [1.54, 1.807) is 7.11 Å². The van der Waals surface area contributed by atoms with Gasteiger partial charge in [-0.15, -0.1) is 0 Å². The monoisotopic (exact) mass is 417 g/mol. The molecule has 1 amide bonds. The molecule has 1 unspecified atom stereocenters. The molecule has 0 saturated heterocycles. The SMILES string of the molecule is CCCSc1nc2c(c(=O)[nH]1)C(c1ccc(OCC(C)C)c(OC)c1)CC(=O)N2. The Morgan fingerprint density at radius 3 is 2.76 bits per heavy atom. The van der Waals surface area contributed by atoms with Gasteiger partial charge >= 0.3 is 0 Å². The molecular weight excluding hydrogens is 390 g/mol. The average molecular weight is 418 g/mol. The second-order valence-corrected chi connectivity index (χ2v) is 8.49. The van der Waals surface area contributed by atoms with Crippen LogP contribution in [0.15, 0.2) is 28.2 Å². The van der Waals surface area contributed by atoms with Crippen molar-refractivity contribution in [2.45, 2.75) is 44.7 Å². The van der Waals surface area contributed by atoms with Crippen LogP contribution in [0.1, 0.15) is 50.7 Å². The van der Waals surface area contributed by atoms with Crippen LogP contribution in [0.3, 0.4) is 0 Å². The van der Waals surface area contributed by atoms with Crippen molar-refractivity contribution >= 4 is 23.5 Å². The Hall–Kier alpha value is -2.48. The normalized spacial score (nSPS) is 15.8. The van der Waals surface area contributed by atoms with E-state index in [-0.39, 0.29) is 17.9 Å². The number of carbonyl (C=O) groups is 1. The lowest BCUT2D eigenvalue weighted by Crippen LogP contribution is -2.31. The average Bonchev–Trinajstić information content (AvgIpc) is 2.69. The molecule has 156 valence electrons. The van der Waals surface area contributed by atoms with Crippen molar-refractivity contribution in [1.29, 1.82) is 0 Å². The molecule has 0 fully saturated rings. The smallest absolute Gasteiger partial charge is 0.257 e. The van der Waals surface area contributed by atoms with Gasteiger partial charge in [0.05, 0.1) is 19.3 Å². The van der Waals surface area contributed by atoms with Crippen LogP contribution in [-0.2, 0) is 4.79 Å². The van der Waals surface area contributed by atoms with Gasteiger partial charge in [-0.3, -0.25) is 9.59 Å². The van der Waals surface area contributed by atoms with E-state index in [1.165, 1.54) is 11.8 Å². The molecule has 1 aromatic carbocycles. The second-order valence-electron chi connectivity index (χ2n) is 7.40.